The van der Waals surface area contributed by atoms with Crippen LogP contribution in [-0.2, 0) is 9.53 Å². The second kappa shape index (κ2) is 7.14. The third-order valence-corrected chi connectivity index (χ3v) is 4.42. The standard InChI is InChI=1S/C14H13NO4S2/c1-19-14(18)13-11(6-7-20-13)15-12(17)8-21-10-4-2-9(16)3-5-10/h2-7,16H,8H2,1H3,(H,15,17). The van der Waals surface area contributed by atoms with Gasteiger partial charge in [-0.3, -0.25) is 4.79 Å². The zero-order valence-corrected chi connectivity index (χ0v) is 12.8. The predicted octanol–water partition coefficient (Wildman–Crippen LogP) is 2.97. The molecule has 0 saturated carbocycles. The summed E-state index contributed by atoms with van der Waals surface area (Å²) >= 11 is 2.56. The number of anilines is 1. The quantitative estimate of drug-likeness (QED) is 0.653. The van der Waals surface area contributed by atoms with Crippen LogP contribution < -0.4 is 5.32 Å². The van der Waals surface area contributed by atoms with Crippen molar-refractivity contribution < 1.29 is 19.4 Å². The molecule has 1 aromatic heterocycles. The summed E-state index contributed by atoms with van der Waals surface area (Å²) < 4.78 is 4.65. The third-order valence-electron chi connectivity index (χ3n) is 2.52. The van der Waals surface area contributed by atoms with Crippen LogP contribution in [0.5, 0.6) is 5.75 Å². The maximum Gasteiger partial charge on any atom is 0.350 e. The minimum absolute atomic E-state index is 0.185. The lowest BCUT2D eigenvalue weighted by atomic mass is 10.3. The number of carbonyl (C=O) groups excluding carboxylic acids is 2. The van der Waals surface area contributed by atoms with Gasteiger partial charge in [-0.05, 0) is 35.7 Å². The van der Waals surface area contributed by atoms with Crippen LogP contribution in [0, 0.1) is 0 Å². The van der Waals surface area contributed by atoms with E-state index in [1.165, 1.54) is 30.2 Å². The van der Waals surface area contributed by atoms with Gasteiger partial charge in [-0.15, -0.1) is 23.1 Å². The largest absolute Gasteiger partial charge is 0.508 e. The number of hydrogen-bond acceptors (Lipinski definition) is 6. The van der Waals surface area contributed by atoms with Crippen LogP contribution in [0.2, 0.25) is 0 Å². The summed E-state index contributed by atoms with van der Waals surface area (Å²) in [5.41, 5.74) is 0.461. The van der Waals surface area contributed by atoms with Gasteiger partial charge in [0.15, 0.2) is 0 Å². The highest BCUT2D eigenvalue weighted by Crippen LogP contribution is 2.24. The van der Waals surface area contributed by atoms with E-state index in [-0.39, 0.29) is 17.4 Å². The van der Waals surface area contributed by atoms with Gasteiger partial charge < -0.3 is 15.2 Å². The Balaban J connectivity index is 1.92. The van der Waals surface area contributed by atoms with Crippen LogP contribution in [0.25, 0.3) is 0 Å². The van der Waals surface area contributed by atoms with Gasteiger partial charge in [0.1, 0.15) is 10.6 Å². The molecule has 0 atom stereocenters. The van der Waals surface area contributed by atoms with E-state index in [0.29, 0.717) is 10.6 Å². The molecule has 0 aliphatic carbocycles. The van der Waals surface area contributed by atoms with E-state index in [4.69, 9.17) is 0 Å². The number of nitrogens with one attached hydrogen (secondary N) is 1. The van der Waals surface area contributed by atoms with Gasteiger partial charge in [0.05, 0.1) is 18.6 Å². The number of phenols is 1. The van der Waals surface area contributed by atoms with Crippen LogP contribution in [-0.4, -0.2) is 29.8 Å². The molecule has 0 spiro atoms. The first-order valence-electron chi connectivity index (χ1n) is 5.97. The van der Waals surface area contributed by atoms with E-state index in [1.54, 1.807) is 35.7 Å². The monoisotopic (exact) mass is 323 g/mol. The zero-order valence-electron chi connectivity index (χ0n) is 11.2. The first kappa shape index (κ1) is 15.4. The number of esters is 1. The number of hydrogen-bond donors (Lipinski definition) is 2. The number of aromatic hydroxyl groups is 1. The smallest absolute Gasteiger partial charge is 0.350 e. The maximum absolute atomic E-state index is 11.9. The second-order valence-electron chi connectivity index (χ2n) is 3.99. The SMILES string of the molecule is COC(=O)c1sccc1NC(=O)CSc1ccc(O)cc1. The summed E-state index contributed by atoms with van der Waals surface area (Å²) in [5.74, 6) is -0.283. The minimum Gasteiger partial charge on any atom is -0.508 e. The van der Waals surface area contributed by atoms with E-state index < -0.39 is 5.97 Å². The maximum atomic E-state index is 11.9. The fourth-order valence-corrected chi connectivity index (χ4v) is 3.00. The van der Waals surface area contributed by atoms with Crippen molar-refractivity contribution >= 4 is 40.7 Å². The molecule has 5 nitrogen and oxygen atoms in total. The molecular weight excluding hydrogens is 310 g/mol. The topological polar surface area (TPSA) is 75.6 Å². The number of thioether (sulfide) groups is 1. The van der Waals surface area contributed by atoms with Crippen LogP contribution in [0.1, 0.15) is 9.67 Å². The number of rotatable bonds is 5. The highest BCUT2D eigenvalue weighted by atomic mass is 32.2. The van der Waals surface area contributed by atoms with E-state index in [0.717, 1.165) is 4.90 Å². The Kier molecular flexibility index (Phi) is 5.24. The molecule has 110 valence electrons. The molecule has 0 aliphatic rings. The van der Waals surface area contributed by atoms with Crippen molar-refractivity contribution in [2.45, 2.75) is 4.90 Å². The van der Waals surface area contributed by atoms with Crippen molar-refractivity contribution in [3.8, 4) is 5.75 Å². The van der Waals surface area contributed by atoms with Gasteiger partial charge in [0, 0.05) is 4.90 Å². The molecule has 7 heteroatoms. The Morgan fingerprint density at radius 1 is 1.29 bits per heavy atom. The van der Waals surface area contributed by atoms with E-state index in [2.05, 4.69) is 10.1 Å². The number of benzene rings is 1. The van der Waals surface area contributed by atoms with Gasteiger partial charge in [-0.25, -0.2) is 4.79 Å². The highest BCUT2D eigenvalue weighted by Gasteiger charge is 2.15. The Morgan fingerprint density at radius 3 is 2.67 bits per heavy atom. The van der Waals surface area contributed by atoms with Crippen molar-refractivity contribution in [1.82, 2.24) is 0 Å². The molecule has 2 N–H and O–H groups in total. The molecule has 2 aromatic rings. The predicted molar refractivity (Wildman–Crippen MR) is 83.1 cm³/mol. The highest BCUT2D eigenvalue weighted by molar-refractivity contribution is 8.00. The summed E-state index contributed by atoms with van der Waals surface area (Å²) in [6, 6.07) is 8.26. The molecular formula is C14H13NO4S2. The van der Waals surface area contributed by atoms with Crippen LogP contribution in [0.15, 0.2) is 40.6 Å². The second-order valence-corrected chi connectivity index (χ2v) is 5.95. The van der Waals surface area contributed by atoms with Gasteiger partial charge >= 0.3 is 5.97 Å². The third kappa shape index (κ3) is 4.24. The Morgan fingerprint density at radius 2 is 2.00 bits per heavy atom. The lowest BCUT2D eigenvalue weighted by Crippen LogP contribution is -2.15. The lowest BCUT2D eigenvalue weighted by Gasteiger charge is -2.05. The first-order valence-corrected chi connectivity index (χ1v) is 7.84. The molecule has 2 rings (SSSR count). The fraction of sp³-hybridized carbons (Fsp3) is 0.143. The number of thiophene rings is 1. The summed E-state index contributed by atoms with van der Waals surface area (Å²) in [6.45, 7) is 0. The molecule has 0 saturated heterocycles. The Bertz CT molecular complexity index is 637. The fourth-order valence-electron chi connectivity index (χ4n) is 1.54. The van der Waals surface area contributed by atoms with Crippen molar-refractivity contribution in [3.05, 3.63) is 40.6 Å². The number of amides is 1. The lowest BCUT2D eigenvalue weighted by molar-refractivity contribution is -0.113. The van der Waals surface area contributed by atoms with Gasteiger partial charge in [-0.2, -0.15) is 0 Å². The Labute approximate surface area is 129 Å². The normalized spacial score (nSPS) is 10.1. The molecule has 0 bridgehead atoms. The summed E-state index contributed by atoms with van der Waals surface area (Å²) in [6.07, 6.45) is 0. The van der Waals surface area contributed by atoms with E-state index in [1.807, 2.05) is 0 Å². The van der Waals surface area contributed by atoms with Crippen molar-refractivity contribution in [1.29, 1.82) is 0 Å². The van der Waals surface area contributed by atoms with E-state index >= 15 is 0 Å². The van der Waals surface area contributed by atoms with Crippen LogP contribution in [0.3, 0.4) is 0 Å². The summed E-state index contributed by atoms with van der Waals surface area (Å²) in [4.78, 5) is 24.6. The molecule has 1 amide bonds. The van der Waals surface area contributed by atoms with Crippen LogP contribution in [0.4, 0.5) is 5.69 Å². The van der Waals surface area contributed by atoms with Crippen molar-refractivity contribution in [2.24, 2.45) is 0 Å². The molecule has 1 aromatic carbocycles. The number of methoxy groups -OCH3 is 1. The van der Waals surface area contributed by atoms with Crippen molar-refractivity contribution in [2.75, 3.05) is 18.2 Å². The Hall–Kier alpha value is -1.99. The van der Waals surface area contributed by atoms with Gasteiger partial charge in [0.2, 0.25) is 5.91 Å². The summed E-state index contributed by atoms with van der Waals surface area (Å²) in [5, 5.41) is 13.6. The minimum atomic E-state index is -0.466. The number of ether oxygens (including phenoxy) is 1. The molecule has 1 heterocycles. The molecule has 0 radical (unpaired) electrons. The zero-order chi connectivity index (χ0) is 15.2. The number of carbonyl (C=O) groups is 2. The molecule has 0 fully saturated rings. The van der Waals surface area contributed by atoms with Crippen molar-refractivity contribution in [3.63, 3.8) is 0 Å². The summed E-state index contributed by atoms with van der Waals surface area (Å²) in [7, 11) is 1.30. The van der Waals surface area contributed by atoms with Gasteiger partial charge in [0.25, 0.3) is 0 Å². The molecule has 21 heavy (non-hydrogen) atoms. The average molecular weight is 323 g/mol. The molecule has 0 aliphatic heterocycles. The molecule has 0 unspecified atom stereocenters. The van der Waals surface area contributed by atoms with E-state index in [9.17, 15) is 14.7 Å². The average Bonchev–Trinajstić information content (AvgIpc) is 2.94. The van der Waals surface area contributed by atoms with Gasteiger partial charge in [-0.1, -0.05) is 0 Å². The first-order chi connectivity index (χ1) is 10.1. The number of phenolic OH excluding ortho intramolecular Hbond substituents is 1. The van der Waals surface area contributed by atoms with Crippen LogP contribution >= 0.6 is 23.1 Å².